The summed E-state index contributed by atoms with van der Waals surface area (Å²) in [6, 6.07) is 21.0. The van der Waals surface area contributed by atoms with E-state index in [-0.39, 0.29) is 6.04 Å². The summed E-state index contributed by atoms with van der Waals surface area (Å²) in [5.41, 5.74) is 1.97. The molecule has 1 aromatic heterocycles. The number of nitrogens with zero attached hydrogens (tertiary/aromatic N) is 2. The van der Waals surface area contributed by atoms with E-state index < -0.39 is 10.0 Å². The summed E-state index contributed by atoms with van der Waals surface area (Å²) >= 11 is 1.78. The largest absolute Gasteiger partial charge is 0.298 e. The van der Waals surface area contributed by atoms with Crippen LogP contribution >= 0.6 is 11.3 Å². The first-order valence-corrected chi connectivity index (χ1v) is 12.8. The number of likely N-dealkylation sites (tertiary alicyclic amines) is 1. The van der Waals surface area contributed by atoms with Crippen LogP contribution < -0.4 is 4.31 Å². The van der Waals surface area contributed by atoms with E-state index in [1.54, 1.807) is 39.9 Å². The molecule has 1 fully saturated rings. The molecule has 3 aromatic rings. The molecule has 2 aromatic carbocycles. The molecule has 0 spiro atoms. The first kappa shape index (κ1) is 21.1. The molecule has 30 heavy (non-hydrogen) atoms. The lowest BCUT2D eigenvalue weighted by molar-refractivity contribution is 0.208. The summed E-state index contributed by atoms with van der Waals surface area (Å²) in [7, 11) is -3.62. The summed E-state index contributed by atoms with van der Waals surface area (Å²) in [5, 5.41) is 2.11. The van der Waals surface area contributed by atoms with Crippen LogP contribution in [0.5, 0.6) is 0 Å². The zero-order valence-electron chi connectivity index (χ0n) is 17.3. The molecule has 2 heterocycles. The zero-order valence-corrected chi connectivity index (χ0v) is 18.9. The Morgan fingerprint density at radius 1 is 0.967 bits per heavy atom. The van der Waals surface area contributed by atoms with Gasteiger partial charge in [0.1, 0.15) is 0 Å². The quantitative estimate of drug-likeness (QED) is 0.509. The summed E-state index contributed by atoms with van der Waals surface area (Å²) in [5.74, 6) is 0. The van der Waals surface area contributed by atoms with E-state index in [2.05, 4.69) is 29.3 Å². The summed E-state index contributed by atoms with van der Waals surface area (Å²) in [4.78, 5) is 4.14. The molecule has 0 saturated carbocycles. The van der Waals surface area contributed by atoms with Crippen LogP contribution in [0.3, 0.4) is 0 Å². The standard InChI is InChI=1S/C24H28N2O2S2/c1-2-20-10-12-21(13-11-20)26(30(27,28)24-8-4-3-5-9-24)22-14-16-25(17-15-22)19-23-7-6-18-29-23/h3-13,18,22H,2,14-17,19H2,1H3. The van der Waals surface area contributed by atoms with Crippen LogP contribution in [0.4, 0.5) is 5.69 Å². The van der Waals surface area contributed by atoms with Crippen LogP contribution in [0.15, 0.2) is 77.0 Å². The molecule has 4 rings (SSSR count). The number of hydrogen-bond donors (Lipinski definition) is 0. The molecule has 158 valence electrons. The minimum atomic E-state index is -3.62. The number of piperidine rings is 1. The van der Waals surface area contributed by atoms with E-state index in [4.69, 9.17) is 0 Å². The van der Waals surface area contributed by atoms with Gasteiger partial charge in [0, 0.05) is 30.6 Å². The van der Waals surface area contributed by atoms with Crippen molar-refractivity contribution in [2.75, 3.05) is 17.4 Å². The molecular weight excluding hydrogens is 412 g/mol. The van der Waals surface area contributed by atoms with E-state index in [0.717, 1.165) is 44.6 Å². The normalized spacial score (nSPS) is 15.9. The Balaban J connectivity index is 1.59. The van der Waals surface area contributed by atoms with Crippen molar-refractivity contribution in [3.05, 3.63) is 82.6 Å². The van der Waals surface area contributed by atoms with Gasteiger partial charge in [-0.25, -0.2) is 8.42 Å². The van der Waals surface area contributed by atoms with Gasteiger partial charge in [0.05, 0.1) is 10.6 Å². The van der Waals surface area contributed by atoms with Gasteiger partial charge in [-0.1, -0.05) is 43.3 Å². The van der Waals surface area contributed by atoms with E-state index >= 15 is 0 Å². The lowest BCUT2D eigenvalue weighted by Crippen LogP contribution is -2.47. The topological polar surface area (TPSA) is 40.6 Å². The van der Waals surface area contributed by atoms with Gasteiger partial charge in [-0.2, -0.15) is 0 Å². The van der Waals surface area contributed by atoms with Gasteiger partial charge >= 0.3 is 0 Å². The van der Waals surface area contributed by atoms with Crippen LogP contribution in [-0.4, -0.2) is 32.4 Å². The summed E-state index contributed by atoms with van der Waals surface area (Å²) in [6.45, 7) is 4.85. The van der Waals surface area contributed by atoms with Gasteiger partial charge in [0.25, 0.3) is 10.0 Å². The highest BCUT2D eigenvalue weighted by atomic mass is 32.2. The van der Waals surface area contributed by atoms with E-state index in [1.807, 2.05) is 30.3 Å². The maximum absolute atomic E-state index is 13.6. The fourth-order valence-electron chi connectivity index (χ4n) is 4.07. The maximum atomic E-state index is 13.6. The third-order valence-corrected chi connectivity index (χ3v) is 8.50. The number of benzene rings is 2. The highest BCUT2D eigenvalue weighted by molar-refractivity contribution is 7.92. The second kappa shape index (κ2) is 9.33. The molecule has 4 nitrogen and oxygen atoms in total. The number of sulfonamides is 1. The lowest BCUT2D eigenvalue weighted by Gasteiger charge is -2.39. The van der Waals surface area contributed by atoms with Crippen LogP contribution in [0, 0.1) is 0 Å². The van der Waals surface area contributed by atoms with Crippen LogP contribution in [0.1, 0.15) is 30.2 Å². The van der Waals surface area contributed by atoms with Crippen molar-refractivity contribution < 1.29 is 8.42 Å². The second-order valence-electron chi connectivity index (χ2n) is 7.72. The predicted octanol–water partition coefficient (Wildman–Crippen LogP) is 5.17. The third kappa shape index (κ3) is 4.61. The molecule has 0 unspecified atom stereocenters. The monoisotopic (exact) mass is 440 g/mol. The van der Waals surface area contributed by atoms with Crippen LogP contribution in [0.2, 0.25) is 0 Å². The van der Waals surface area contributed by atoms with E-state index in [0.29, 0.717) is 4.90 Å². The molecule has 0 radical (unpaired) electrons. The molecule has 1 saturated heterocycles. The molecule has 0 bridgehead atoms. The van der Waals surface area contributed by atoms with Crippen molar-refractivity contribution in [1.82, 2.24) is 4.90 Å². The Labute approximate surface area is 183 Å². The Morgan fingerprint density at radius 2 is 1.67 bits per heavy atom. The SMILES string of the molecule is CCc1ccc(N(C2CCN(Cc3cccs3)CC2)S(=O)(=O)c2ccccc2)cc1. The predicted molar refractivity (Wildman–Crippen MR) is 125 cm³/mol. The van der Waals surface area contributed by atoms with Crippen molar-refractivity contribution in [2.45, 2.75) is 43.7 Å². The number of anilines is 1. The molecule has 0 N–H and O–H groups in total. The fraction of sp³-hybridized carbons (Fsp3) is 0.333. The molecule has 0 atom stereocenters. The number of aryl methyl sites for hydroxylation is 1. The highest BCUT2D eigenvalue weighted by Crippen LogP contribution is 2.31. The van der Waals surface area contributed by atoms with Crippen molar-refractivity contribution in [3.63, 3.8) is 0 Å². The van der Waals surface area contributed by atoms with Gasteiger partial charge in [-0.3, -0.25) is 9.21 Å². The Kier molecular flexibility index (Phi) is 6.56. The van der Waals surface area contributed by atoms with Gasteiger partial charge < -0.3 is 0 Å². The third-order valence-electron chi connectivity index (χ3n) is 5.75. The number of hydrogen-bond acceptors (Lipinski definition) is 4. The summed E-state index contributed by atoms with van der Waals surface area (Å²) in [6.07, 6.45) is 2.59. The highest BCUT2D eigenvalue weighted by Gasteiger charge is 2.34. The number of thiophene rings is 1. The Bertz CT molecular complexity index is 1020. The minimum Gasteiger partial charge on any atom is -0.298 e. The minimum absolute atomic E-state index is 0.0396. The van der Waals surface area contributed by atoms with Crippen LogP contribution in [-0.2, 0) is 23.0 Å². The first-order chi connectivity index (χ1) is 14.6. The molecule has 6 heteroatoms. The lowest BCUT2D eigenvalue weighted by atomic mass is 10.0. The van der Waals surface area contributed by atoms with Crippen molar-refractivity contribution >= 4 is 27.0 Å². The van der Waals surface area contributed by atoms with Gasteiger partial charge in [-0.05, 0) is 60.5 Å². The van der Waals surface area contributed by atoms with Gasteiger partial charge in [0.2, 0.25) is 0 Å². The second-order valence-corrected chi connectivity index (χ2v) is 10.6. The Hall–Kier alpha value is -2.15. The summed E-state index contributed by atoms with van der Waals surface area (Å²) < 4.78 is 28.9. The van der Waals surface area contributed by atoms with Crippen molar-refractivity contribution in [3.8, 4) is 0 Å². The fourth-order valence-corrected chi connectivity index (χ4v) is 6.54. The van der Waals surface area contributed by atoms with Gasteiger partial charge in [-0.15, -0.1) is 11.3 Å². The Morgan fingerprint density at radius 3 is 2.27 bits per heavy atom. The smallest absolute Gasteiger partial charge is 0.264 e. The number of rotatable bonds is 7. The molecular formula is C24H28N2O2S2. The molecule has 1 aliphatic heterocycles. The van der Waals surface area contributed by atoms with E-state index in [1.165, 1.54) is 10.4 Å². The average molecular weight is 441 g/mol. The van der Waals surface area contributed by atoms with Crippen molar-refractivity contribution in [2.24, 2.45) is 0 Å². The molecule has 0 amide bonds. The van der Waals surface area contributed by atoms with Crippen LogP contribution in [0.25, 0.3) is 0 Å². The van der Waals surface area contributed by atoms with Crippen molar-refractivity contribution in [1.29, 1.82) is 0 Å². The zero-order chi connectivity index (χ0) is 21.0. The first-order valence-electron chi connectivity index (χ1n) is 10.5. The molecule has 0 aliphatic carbocycles. The maximum Gasteiger partial charge on any atom is 0.264 e. The molecule has 1 aliphatic rings. The van der Waals surface area contributed by atoms with Gasteiger partial charge in [0.15, 0.2) is 0 Å². The van der Waals surface area contributed by atoms with E-state index in [9.17, 15) is 8.42 Å². The average Bonchev–Trinajstić information content (AvgIpc) is 3.29.